The molecule has 0 aliphatic carbocycles. The van der Waals surface area contributed by atoms with Gasteiger partial charge in [-0.3, -0.25) is 14.4 Å². The number of rotatable bonds is 2. The lowest BCUT2D eigenvalue weighted by molar-refractivity contribution is 0.0695. The number of aromatic nitrogens is 2. The Morgan fingerprint density at radius 3 is 2.88 bits per heavy atom. The summed E-state index contributed by atoms with van der Waals surface area (Å²) in [6, 6.07) is 1.76. The molecule has 2 heterocycles. The third-order valence-corrected chi connectivity index (χ3v) is 2.72. The van der Waals surface area contributed by atoms with Crippen molar-refractivity contribution >= 4 is 23.1 Å². The second-order valence-electron chi connectivity index (χ2n) is 3.35. The highest BCUT2D eigenvalue weighted by Gasteiger charge is 2.18. The van der Waals surface area contributed by atoms with E-state index in [2.05, 4.69) is 5.10 Å². The highest BCUT2D eigenvalue weighted by atomic mass is 35.5. The lowest BCUT2D eigenvalue weighted by Gasteiger charge is -2.02. The number of hydrogen-bond donors (Lipinski definition) is 2. The van der Waals surface area contributed by atoms with E-state index < -0.39 is 17.0 Å². The van der Waals surface area contributed by atoms with E-state index in [9.17, 15) is 9.59 Å². The number of carbonyl (C=O) groups is 1. The zero-order valence-electron chi connectivity index (χ0n) is 8.45. The van der Waals surface area contributed by atoms with Gasteiger partial charge in [-0.1, -0.05) is 18.5 Å². The minimum Gasteiger partial charge on any atom is -0.477 e. The number of carboxylic acids is 1. The maximum Gasteiger partial charge on any atom is 0.342 e. The summed E-state index contributed by atoms with van der Waals surface area (Å²) in [5.74, 6) is -1.32. The summed E-state index contributed by atoms with van der Waals surface area (Å²) in [7, 11) is 0. The van der Waals surface area contributed by atoms with Crippen molar-refractivity contribution in [3.05, 3.63) is 38.8 Å². The fourth-order valence-electron chi connectivity index (χ4n) is 1.68. The van der Waals surface area contributed by atoms with Crippen LogP contribution in [0.2, 0.25) is 5.15 Å². The minimum absolute atomic E-state index is 0.164. The lowest BCUT2D eigenvalue weighted by Crippen LogP contribution is -2.19. The Hall–Kier alpha value is -1.75. The van der Waals surface area contributed by atoms with Gasteiger partial charge in [-0.15, -0.1) is 0 Å². The van der Waals surface area contributed by atoms with Crippen LogP contribution in [-0.4, -0.2) is 20.7 Å². The largest absolute Gasteiger partial charge is 0.477 e. The van der Waals surface area contributed by atoms with Crippen molar-refractivity contribution in [2.45, 2.75) is 13.3 Å². The maximum atomic E-state index is 11.9. The molecule has 0 aliphatic rings. The highest BCUT2D eigenvalue weighted by molar-refractivity contribution is 6.32. The molecule has 5 nitrogen and oxygen atoms in total. The van der Waals surface area contributed by atoms with E-state index in [1.54, 1.807) is 12.3 Å². The van der Waals surface area contributed by atoms with Gasteiger partial charge in [-0.2, -0.15) is 0 Å². The first-order chi connectivity index (χ1) is 7.56. The number of nitrogens with one attached hydrogen (secondary N) is 1. The predicted molar refractivity (Wildman–Crippen MR) is 59.4 cm³/mol. The van der Waals surface area contributed by atoms with Gasteiger partial charge in [0.15, 0.2) is 0 Å². The molecule has 6 heteroatoms. The van der Waals surface area contributed by atoms with Crippen molar-refractivity contribution in [3.8, 4) is 0 Å². The van der Waals surface area contributed by atoms with Crippen molar-refractivity contribution < 1.29 is 9.90 Å². The molecule has 0 saturated carbocycles. The number of halogens is 1. The van der Waals surface area contributed by atoms with Crippen LogP contribution in [0.15, 0.2) is 17.1 Å². The Morgan fingerprint density at radius 2 is 2.31 bits per heavy atom. The Kier molecular flexibility index (Phi) is 2.47. The monoisotopic (exact) mass is 240 g/mol. The Balaban J connectivity index is 2.94. The van der Waals surface area contributed by atoms with Gasteiger partial charge in [0.1, 0.15) is 16.2 Å². The molecule has 2 rings (SSSR count). The molecule has 16 heavy (non-hydrogen) atoms. The third kappa shape index (κ3) is 1.40. The predicted octanol–water partition coefficient (Wildman–Crippen LogP) is 1.54. The van der Waals surface area contributed by atoms with Crippen molar-refractivity contribution in [1.82, 2.24) is 9.61 Å². The van der Waals surface area contributed by atoms with E-state index in [0.29, 0.717) is 11.9 Å². The normalized spacial score (nSPS) is 10.9. The average Bonchev–Trinajstić information content (AvgIpc) is 2.59. The molecular weight excluding hydrogens is 232 g/mol. The zero-order valence-corrected chi connectivity index (χ0v) is 9.21. The molecular formula is C10H9ClN2O3. The molecule has 0 spiro atoms. The van der Waals surface area contributed by atoms with Gasteiger partial charge in [0, 0.05) is 6.20 Å². The number of aryl methyl sites for hydroxylation is 1. The van der Waals surface area contributed by atoms with Crippen LogP contribution in [0, 0.1) is 0 Å². The molecule has 0 fully saturated rings. The molecule has 0 unspecified atom stereocenters. The van der Waals surface area contributed by atoms with Crippen LogP contribution in [0.3, 0.4) is 0 Å². The van der Waals surface area contributed by atoms with Gasteiger partial charge in [-0.25, -0.2) is 4.79 Å². The third-order valence-electron chi connectivity index (χ3n) is 2.44. The Labute approximate surface area is 95.3 Å². The SMILES string of the molecule is CCc1ccn2[nH]c(Cl)c(C(=O)O)c(=O)c12. The van der Waals surface area contributed by atoms with E-state index >= 15 is 0 Å². The molecule has 0 amide bonds. The molecule has 84 valence electrons. The van der Waals surface area contributed by atoms with Gasteiger partial charge in [-0.05, 0) is 18.1 Å². The first-order valence-corrected chi connectivity index (χ1v) is 5.09. The maximum absolute atomic E-state index is 11.9. The van der Waals surface area contributed by atoms with Crippen LogP contribution >= 0.6 is 11.6 Å². The number of H-pyrrole nitrogens is 1. The van der Waals surface area contributed by atoms with E-state index in [-0.39, 0.29) is 5.15 Å². The summed E-state index contributed by atoms with van der Waals surface area (Å²) in [5.41, 5.74) is 0.158. The standard InChI is InChI=1S/C10H9ClN2O3/c1-2-5-3-4-13-7(5)8(14)6(10(15)16)9(11)12-13/h3-4,12H,2H2,1H3,(H,15,16). The molecule has 0 aliphatic heterocycles. The van der Waals surface area contributed by atoms with Crippen molar-refractivity contribution in [2.24, 2.45) is 0 Å². The average molecular weight is 241 g/mol. The summed E-state index contributed by atoms with van der Waals surface area (Å²) in [6.45, 7) is 1.89. The fraction of sp³-hybridized carbons (Fsp3) is 0.200. The Bertz CT molecular complexity index is 627. The molecule has 2 aromatic heterocycles. The molecule has 0 bridgehead atoms. The van der Waals surface area contributed by atoms with Gasteiger partial charge in [0.2, 0.25) is 5.43 Å². The second-order valence-corrected chi connectivity index (χ2v) is 3.73. The first-order valence-electron chi connectivity index (χ1n) is 4.71. The molecule has 0 radical (unpaired) electrons. The summed E-state index contributed by atoms with van der Waals surface area (Å²) in [6.07, 6.45) is 2.30. The van der Waals surface area contributed by atoms with Crippen molar-refractivity contribution in [3.63, 3.8) is 0 Å². The topological polar surface area (TPSA) is 74.6 Å². The smallest absolute Gasteiger partial charge is 0.342 e. The molecule has 0 saturated heterocycles. The van der Waals surface area contributed by atoms with Gasteiger partial charge in [0.05, 0.1) is 0 Å². The van der Waals surface area contributed by atoms with E-state index in [0.717, 1.165) is 5.56 Å². The van der Waals surface area contributed by atoms with E-state index in [4.69, 9.17) is 16.7 Å². The molecule has 0 aromatic carbocycles. The van der Waals surface area contributed by atoms with Crippen LogP contribution < -0.4 is 5.43 Å². The second kappa shape index (κ2) is 3.68. The summed E-state index contributed by atoms with van der Waals surface area (Å²) in [4.78, 5) is 22.8. The van der Waals surface area contributed by atoms with E-state index in [1.165, 1.54) is 4.52 Å². The highest BCUT2D eigenvalue weighted by Crippen LogP contribution is 2.14. The Morgan fingerprint density at radius 1 is 1.62 bits per heavy atom. The molecule has 2 N–H and O–H groups in total. The number of hydrogen-bond acceptors (Lipinski definition) is 2. The lowest BCUT2D eigenvalue weighted by atomic mass is 10.2. The number of aromatic carboxylic acids is 1. The molecule has 0 atom stereocenters. The number of carboxylic acid groups (broad SMARTS) is 1. The number of aromatic amines is 1. The fourth-order valence-corrected chi connectivity index (χ4v) is 1.93. The summed E-state index contributed by atoms with van der Waals surface area (Å²) < 4.78 is 1.44. The van der Waals surface area contributed by atoms with E-state index in [1.807, 2.05) is 6.92 Å². The molecule has 2 aromatic rings. The van der Waals surface area contributed by atoms with Gasteiger partial charge >= 0.3 is 5.97 Å². The zero-order chi connectivity index (χ0) is 11.9. The van der Waals surface area contributed by atoms with Crippen molar-refractivity contribution in [2.75, 3.05) is 0 Å². The van der Waals surface area contributed by atoms with Crippen LogP contribution in [0.1, 0.15) is 22.8 Å². The van der Waals surface area contributed by atoms with Crippen LogP contribution in [0.5, 0.6) is 0 Å². The number of fused-ring (bicyclic) bond motifs is 1. The summed E-state index contributed by atoms with van der Waals surface area (Å²) in [5, 5.41) is 11.4. The minimum atomic E-state index is -1.32. The van der Waals surface area contributed by atoms with Gasteiger partial charge in [0.25, 0.3) is 0 Å². The quantitative estimate of drug-likeness (QED) is 0.836. The van der Waals surface area contributed by atoms with Gasteiger partial charge < -0.3 is 5.11 Å². The summed E-state index contributed by atoms with van der Waals surface area (Å²) >= 11 is 5.70. The van der Waals surface area contributed by atoms with Crippen LogP contribution in [0.25, 0.3) is 5.52 Å². The first kappa shape index (κ1) is 10.8. The van der Waals surface area contributed by atoms with Crippen LogP contribution in [0.4, 0.5) is 0 Å². The van der Waals surface area contributed by atoms with Crippen LogP contribution in [-0.2, 0) is 6.42 Å². The van der Waals surface area contributed by atoms with Crippen molar-refractivity contribution in [1.29, 1.82) is 0 Å². The number of nitrogens with zero attached hydrogens (tertiary/aromatic N) is 1.